The number of ether oxygens (including phenoxy) is 1. The molecule has 0 radical (unpaired) electrons. The molecule has 41 heavy (non-hydrogen) atoms. The third kappa shape index (κ3) is 5.39. The van der Waals surface area contributed by atoms with Crippen LogP contribution >= 0.6 is 0 Å². The standard InChI is InChI=1S/C29H32F2N6O3S/c1-2-21-25(36-11-9-32-10-12-36)7-8-26-27(21)22(19-14-33-18-34-15-19)16-37(26)29-23(30)5-6-24(28(29)31)35-41(38,39)17-20-4-3-13-40-20/h5-8,14-16,18,20,32,35H,2-4,9-13,17H2,1H3. The quantitative estimate of drug-likeness (QED) is 0.320. The van der Waals surface area contributed by atoms with E-state index in [4.69, 9.17) is 4.74 Å². The fraction of sp³-hybridized carbons (Fsp3) is 0.379. The van der Waals surface area contributed by atoms with Gasteiger partial charge in [0.15, 0.2) is 5.82 Å². The van der Waals surface area contributed by atoms with E-state index in [1.54, 1.807) is 18.6 Å². The normalized spacial score (nSPS) is 17.8. The molecule has 216 valence electrons. The molecule has 2 aromatic carbocycles. The van der Waals surface area contributed by atoms with E-state index in [0.717, 1.165) is 66.9 Å². The van der Waals surface area contributed by atoms with Gasteiger partial charge < -0.3 is 19.5 Å². The van der Waals surface area contributed by atoms with Gasteiger partial charge >= 0.3 is 0 Å². The van der Waals surface area contributed by atoms with Crippen LogP contribution in [0.15, 0.2) is 49.2 Å². The van der Waals surface area contributed by atoms with Crippen LogP contribution in [0.2, 0.25) is 0 Å². The zero-order valence-electron chi connectivity index (χ0n) is 22.7. The van der Waals surface area contributed by atoms with Crippen molar-refractivity contribution in [3.05, 3.63) is 66.4 Å². The molecule has 4 heterocycles. The fourth-order valence-corrected chi connectivity index (χ4v) is 7.19. The number of halogens is 2. The molecule has 0 saturated carbocycles. The molecular weight excluding hydrogens is 550 g/mol. The summed E-state index contributed by atoms with van der Waals surface area (Å²) in [5, 5.41) is 4.22. The molecule has 2 aliphatic rings. The molecule has 2 fully saturated rings. The Morgan fingerprint density at radius 3 is 2.61 bits per heavy atom. The molecule has 6 rings (SSSR count). The first-order chi connectivity index (χ1) is 19.9. The van der Waals surface area contributed by atoms with Crippen molar-refractivity contribution in [1.82, 2.24) is 19.9 Å². The van der Waals surface area contributed by atoms with E-state index in [-0.39, 0.29) is 17.1 Å². The lowest BCUT2D eigenvalue weighted by Crippen LogP contribution is -2.43. The van der Waals surface area contributed by atoms with E-state index in [1.807, 2.05) is 12.1 Å². The lowest BCUT2D eigenvalue weighted by Gasteiger charge is -2.31. The maximum atomic E-state index is 16.1. The highest BCUT2D eigenvalue weighted by molar-refractivity contribution is 7.92. The molecule has 1 unspecified atom stereocenters. The number of nitrogens with zero attached hydrogens (tertiary/aromatic N) is 4. The van der Waals surface area contributed by atoms with Crippen LogP contribution < -0.4 is 14.9 Å². The minimum absolute atomic E-state index is 0.293. The zero-order valence-corrected chi connectivity index (χ0v) is 23.6. The first kappa shape index (κ1) is 27.6. The Labute approximate surface area is 237 Å². The van der Waals surface area contributed by atoms with E-state index >= 15 is 8.78 Å². The van der Waals surface area contributed by atoms with Gasteiger partial charge in [0.25, 0.3) is 0 Å². The Balaban J connectivity index is 1.50. The van der Waals surface area contributed by atoms with E-state index in [1.165, 1.54) is 10.9 Å². The maximum absolute atomic E-state index is 16.1. The largest absolute Gasteiger partial charge is 0.377 e. The highest BCUT2D eigenvalue weighted by Gasteiger charge is 2.27. The first-order valence-corrected chi connectivity index (χ1v) is 15.5. The lowest BCUT2D eigenvalue weighted by atomic mass is 9.98. The number of aryl methyl sites for hydroxylation is 1. The van der Waals surface area contributed by atoms with Crippen LogP contribution in [0.1, 0.15) is 25.3 Å². The topological polar surface area (TPSA) is 101 Å². The summed E-state index contributed by atoms with van der Waals surface area (Å²) < 4.78 is 66.5. The van der Waals surface area contributed by atoms with E-state index in [9.17, 15) is 8.42 Å². The summed E-state index contributed by atoms with van der Waals surface area (Å²) in [7, 11) is -3.94. The summed E-state index contributed by atoms with van der Waals surface area (Å²) in [6.45, 7) is 6.00. The average Bonchev–Trinajstić information content (AvgIpc) is 3.63. The molecule has 0 aliphatic carbocycles. The van der Waals surface area contributed by atoms with E-state index in [2.05, 4.69) is 31.8 Å². The van der Waals surface area contributed by atoms with Crippen molar-refractivity contribution in [1.29, 1.82) is 0 Å². The Bertz CT molecular complexity index is 1670. The minimum Gasteiger partial charge on any atom is -0.377 e. The van der Waals surface area contributed by atoms with Gasteiger partial charge in [-0.25, -0.2) is 27.2 Å². The molecule has 9 nitrogen and oxygen atoms in total. The second-order valence-corrected chi connectivity index (χ2v) is 12.1. The second kappa shape index (κ2) is 11.3. The van der Waals surface area contributed by atoms with Crippen LogP contribution in [0.3, 0.4) is 0 Å². The molecular formula is C29H32F2N6O3S. The molecule has 12 heteroatoms. The highest BCUT2D eigenvalue weighted by Crippen LogP contribution is 2.40. The number of sulfonamides is 1. The molecule has 2 N–H and O–H groups in total. The number of rotatable bonds is 8. The summed E-state index contributed by atoms with van der Waals surface area (Å²) in [6, 6.07) is 6.05. The van der Waals surface area contributed by atoms with Gasteiger partial charge in [-0.1, -0.05) is 6.92 Å². The van der Waals surface area contributed by atoms with E-state index < -0.39 is 27.8 Å². The molecule has 2 aromatic heterocycles. The number of nitrogens with one attached hydrogen (secondary N) is 2. The highest BCUT2D eigenvalue weighted by atomic mass is 32.2. The summed E-state index contributed by atoms with van der Waals surface area (Å²) in [4.78, 5) is 10.7. The predicted molar refractivity (Wildman–Crippen MR) is 155 cm³/mol. The van der Waals surface area contributed by atoms with Crippen LogP contribution in [-0.2, 0) is 21.2 Å². The van der Waals surface area contributed by atoms with E-state index in [0.29, 0.717) is 30.5 Å². The fourth-order valence-electron chi connectivity index (χ4n) is 5.86. The summed E-state index contributed by atoms with van der Waals surface area (Å²) in [6.07, 6.45) is 8.09. The molecule has 0 spiro atoms. The van der Waals surface area contributed by atoms with Crippen LogP contribution in [0.5, 0.6) is 0 Å². The zero-order chi connectivity index (χ0) is 28.6. The molecule has 2 aliphatic heterocycles. The van der Waals surface area contributed by atoms with Gasteiger partial charge in [0.1, 0.15) is 17.8 Å². The predicted octanol–water partition coefficient (Wildman–Crippen LogP) is 4.26. The monoisotopic (exact) mass is 582 g/mol. The van der Waals surface area contributed by atoms with Crippen LogP contribution in [0.4, 0.5) is 20.2 Å². The van der Waals surface area contributed by atoms with Crippen molar-refractivity contribution >= 4 is 32.3 Å². The van der Waals surface area contributed by atoms with Crippen LogP contribution in [-0.4, -0.2) is 67.6 Å². The van der Waals surface area contributed by atoms with Crippen molar-refractivity contribution in [2.75, 3.05) is 48.2 Å². The van der Waals surface area contributed by atoms with Gasteiger partial charge in [-0.15, -0.1) is 0 Å². The van der Waals surface area contributed by atoms with Crippen molar-refractivity contribution < 1.29 is 21.9 Å². The smallest absolute Gasteiger partial charge is 0.235 e. The number of anilines is 2. The van der Waals surface area contributed by atoms with Crippen molar-refractivity contribution in [2.45, 2.75) is 32.3 Å². The summed E-state index contributed by atoms with van der Waals surface area (Å²) >= 11 is 0. The Morgan fingerprint density at radius 1 is 1.12 bits per heavy atom. The SMILES string of the molecule is CCc1c(N2CCNCC2)ccc2c1c(-c1cncnc1)cn2-c1c(F)ccc(NS(=O)(=O)CC2CCCO2)c1F. The molecule has 1 atom stereocenters. The van der Waals surface area contributed by atoms with Gasteiger partial charge in [0, 0.05) is 73.6 Å². The number of aromatic nitrogens is 3. The van der Waals surface area contributed by atoms with Crippen molar-refractivity contribution in [3.63, 3.8) is 0 Å². The van der Waals surface area contributed by atoms with Crippen molar-refractivity contribution in [2.24, 2.45) is 0 Å². The maximum Gasteiger partial charge on any atom is 0.235 e. The Kier molecular flexibility index (Phi) is 7.62. The third-order valence-electron chi connectivity index (χ3n) is 7.74. The Hall–Kier alpha value is -3.61. The molecule has 2 saturated heterocycles. The third-order valence-corrected chi connectivity index (χ3v) is 9.08. The molecule has 4 aromatic rings. The number of hydrogen-bond acceptors (Lipinski definition) is 7. The van der Waals surface area contributed by atoms with Gasteiger partial charge in [-0.05, 0) is 49.1 Å². The van der Waals surface area contributed by atoms with Gasteiger partial charge in [-0.3, -0.25) is 4.72 Å². The summed E-state index contributed by atoms with van der Waals surface area (Å²) in [5.41, 5.74) is 3.48. The number of benzene rings is 2. The minimum atomic E-state index is -3.94. The van der Waals surface area contributed by atoms with Crippen LogP contribution in [0, 0.1) is 11.6 Å². The lowest BCUT2D eigenvalue weighted by molar-refractivity contribution is 0.127. The number of fused-ring (bicyclic) bond motifs is 1. The Morgan fingerprint density at radius 2 is 1.90 bits per heavy atom. The second-order valence-electron chi connectivity index (χ2n) is 10.4. The van der Waals surface area contributed by atoms with Gasteiger partial charge in [0.05, 0.1) is 23.1 Å². The number of hydrogen-bond donors (Lipinski definition) is 2. The van der Waals surface area contributed by atoms with Crippen LogP contribution in [0.25, 0.3) is 27.7 Å². The van der Waals surface area contributed by atoms with Gasteiger partial charge in [0.2, 0.25) is 10.0 Å². The molecule has 0 amide bonds. The average molecular weight is 583 g/mol. The van der Waals surface area contributed by atoms with Crippen molar-refractivity contribution in [3.8, 4) is 16.8 Å². The first-order valence-electron chi connectivity index (χ1n) is 13.8. The number of piperazine rings is 1. The van der Waals surface area contributed by atoms with Gasteiger partial charge in [-0.2, -0.15) is 0 Å². The summed E-state index contributed by atoms with van der Waals surface area (Å²) in [5.74, 6) is -2.11. The molecule has 0 bridgehead atoms.